The van der Waals surface area contributed by atoms with Gasteiger partial charge < -0.3 is 10.1 Å². The second-order valence-electron chi connectivity index (χ2n) is 4.61. The number of hydrazine groups is 1. The van der Waals surface area contributed by atoms with E-state index in [9.17, 15) is 9.59 Å². The van der Waals surface area contributed by atoms with E-state index in [0.717, 1.165) is 13.0 Å². The van der Waals surface area contributed by atoms with Crippen molar-refractivity contribution in [2.24, 2.45) is 5.84 Å². The van der Waals surface area contributed by atoms with E-state index in [4.69, 9.17) is 10.6 Å². The van der Waals surface area contributed by atoms with E-state index >= 15 is 0 Å². The number of hydrogen-bond acceptors (Lipinski definition) is 5. The molecule has 1 aliphatic rings. The van der Waals surface area contributed by atoms with Gasteiger partial charge in [-0.05, 0) is 26.3 Å². The van der Waals surface area contributed by atoms with Crippen molar-refractivity contribution in [3.63, 3.8) is 0 Å². The molecule has 7 nitrogen and oxygen atoms in total. The highest BCUT2D eigenvalue weighted by Crippen LogP contribution is 2.20. The minimum absolute atomic E-state index is 0.0126. The van der Waals surface area contributed by atoms with Crippen molar-refractivity contribution in [3.8, 4) is 0 Å². The fourth-order valence-corrected chi connectivity index (χ4v) is 2.18. The van der Waals surface area contributed by atoms with E-state index in [1.807, 2.05) is 18.7 Å². The maximum atomic E-state index is 11.5. The van der Waals surface area contributed by atoms with E-state index in [2.05, 4.69) is 10.7 Å². The third kappa shape index (κ3) is 5.14. The topological polar surface area (TPSA) is 96.7 Å². The molecule has 1 aliphatic heterocycles. The fourth-order valence-electron chi connectivity index (χ4n) is 2.18. The SMILES string of the molecule is CCNC(=O)CN(CC)CC1CCC(C(=O)NN)O1. The standard InChI is InChI=1S/C12H24N4O3/c1-3-14-11(17)8-16(4-2)7-9-5-6-10(19-9)12(18)15-13/h9-10H,3-8,13H2,1-2H3,(H,14,17)(H,15,18). The van der Waals surface area contributed by atoms with Gasteiger partial charge in [-0.1, -0.05) is 6.92 Å². The molecule has 1 saturated heterocycles. The quantitative estimate of drug-likeness (QED) is 0.313. The molecular weight excluding hydrogens is 248 g/mol. The Labute approximate surface area is 113 Å². The second-order valence-corrected chi connectivity index (χ2v) is 4.61. The Morgan fingerprint density at radius 1 is 1.37 bits per heavy atom. The molecule has 1 fully saturated rings. The zero-order valence-electron chi connectivity index (χ0n) is 11.6. The Hall–Kier alpha value is -1.18. The predicted octanol–water partition coefficient (Wildman–Crippen LogP) is -1.02. The normalized spacial score (nSPS) is 22.5. The summed E-state index contributed by atoms with van der Waals surface area (Å²) in [7, 11) is 0. The maximum Gasteiger partial charge on any atom is 0.263 e. The van der Waals surface area contributed by atoms with Crippen molar-refractivity contribution in [1.29, 1.82) is 0 Å². The van der Waals surface area contributed by atoms with Crippen LogP contribution in [0.3, 0.4) is 0 Å². The second kappa shape index (κ2) is 8.08. The highest BCUT2D eigenvalue weighted by Gasteiger charge is 2.31. The molecule has 1 rings (SSSR count). The van der Waals surface area contributed by atoms with E-state index in [0.29, 0.717) is 26.1 Å². The zero-order chi connectivity index (χ0) is 14.3. The van der Waals surface area contributed by atoms with E-state index in [-0.39, 0.29) is 17.9 Å². The van der Waals surface area contributed by atoms with Crippen LogP contribution >= 0.6 is 0 Å². The summed E-state index contributed by atoms with van der Waals surface area (Å²) in [5.41, 5.74) is 2.10. The molecular formula is C12H24N4O3. The van der Waals surface area contributed by atoms with Crippen LogP contribution in [0.15, 0.2) is 0 Å². The molecule has 4 N–H and O–H groups in total. The van der Waals surface area contributed by atoms with Crippen LogP contribution in [-0.2, 0) is 14.3 Å². The monoisotopic (exact) mass is 272 g/mol. The predicted molar refractivity (Wildman–Crippen MR) is 71.0 cm³/mol. The molecule has 2 unspecified atom stereocenters. The van der Waals surface area contributed by atoms with Gasteiger partial charge in [0.25, 0.3) is 5.91 Å². The number of carbonyl (C=O) groups excluding carboxylic acids is 2. The summed E-state index contributed by atoms with van der Waals surface area (Å²) in [5, 5.41) is 2.77. The lowest BCUT2D eigenvalue weighted by Crippen LogP contribution is -2.42. The van der Waals surface area contributed by atoms with Gasteiger partial charge in [0.05, 0.1) is 12.6 Å². The molecule has 0 aromatic rings. The zero-order valence-corrected chi connectivity index (χ0v) is 11.6. The molecule has 110 valence electrons. The van der Waals surface area contributed by atoms with Crippen molar-refractivity contribution in [2.45, 2.75) is 38.9 Å². The van der Waals surface area contributed by atoms with Gasteiger partial charge in [0.1, 0.15) is 6.10 Å². The Morgan fingerprint density at radius 3 is 2.68 bits per heavy atom. The minimum atomic E-state index is -0.460. The number of likely N-dealkylation sites (N-methyl/N-ethyl adjacent to an activating group) is 2. The Morgan fingerprint density at radius 2 is 2.11 bits per heavy atom. The number of ether oxygens (including phenoxy) is 1. The highest BCUT2D eigenvalue weighted by molar-refractivity contribution is 5.80. The van der Waals surface area contributed by atoms with Crippen molar-refractivity contribution in [2.75, 3.05) is 26.2 Å². The van der Waals surface area contributed by atoms with Gasteiger partial charge in [0, 0.05) is 13.1 Å². The molecule has 0 aromatic carbocycles. The van der Waals surface area contributed by atoms with Crippen molar-refractivity contribution >= 4 is 11.8 Å². The summed E-state index contributed by atoms with van der Waals surface area (Å²) in [6, 6.07) is 0. The number of carbonyl (C=O) groups is 2. The molecule has 2 atom stereocenters. The molecule has 0 radical (unpaired) electrons. The maximum absolute atomic E-state index is 11.5. The van der Waals surface area contributed by atoms with Crippen LogP contribution in [0.4, 0.5) is 0 Å². The molecule has 0 aliphatic carbocycles. The Balaban J connectivity index is 2.36. The number of nitrogens with one attached hydrogen (secondary N) is 2. The lowest BCUT2D eigenvalue weighted by molar-refractivity contribution is -0.133. The van der Waals surface area contributed by atoms with Crippen molar-refractivity contribution in [1.82, 2.24) is 15.6 Å². The van der Waals surface area contributed by atoms with Crippen LogP contribution in [0.1, 0.15) is 26.7 Å². The van der Waals surface area contributed by atoms with Crippen molar-refractivity contribution < 1.29 is 14.3 Å². The molecule has 0 saturated carbocycles. The summed E-state index contributed by atoms with van der Waals surface area (Å²) in [5.74, 6) is 4.81. The third-order valence-corrected chi connectivity index (χ3v) is 3.19. The summed E-state index contributed by atoms with van der Waals surface area (Å²) < 4.78 is 5.62. The van der Waals surface area contributed by atoms with Crippen LogP contribution in [-0.4, -0.2) is 55.1 Å². The highest BCUT2D eigenvalue weighted by atomic mass is 16.5. The average molecular weight is 272 g/mol. The molecule has 2 amide bonds. The lowest BCUT2D eigenvalue weighted by atomic mass is 10.2. The Bertz CT molecular complexity index is 311. The summed E-state index contributed by atoms with van der Waals surface area (Å²) in [6.45, 7) is 6.31. The molecule has 0 aromatic heterocycles. The first kappa shape index (κ1) is 15.9. The fraction of sp³-hybridized carbons (Fsp3) is 0.833. The van der Waals surface area contributed by atoms with Crippen LogP contribution in [0.2, 0.25) is 0 Å². The van der Waals surface area contributed by atoms with E-state index < -0.39 is 6.10 Å². The van der Waals surface area contributed by atoms with Gasteiger partial charge in [-0.25, -0.2) is 5.84 Å². The third-order valence-electron chi connectivity index (χ3n) is 3.19. The average Bonchev–Trinajstić information content (AvgIpc) is 2.85. The first-order valence-electron chi connectivity index (χ1n) is 6.75. The summed E-state index contributed by atoms with van der Waals surface area (Å²) >= 11 is 0. The van der Waals surface area contributed by atoms with E-state index in [1.54, 1.807) is 0 Å². The molecule has 19 heavy (non-hydrogen) atoms. The van der Waals surface area contributed by atoms with Gasteiger partial charge in [-0.3, -0.25) is 19.9 Å². The first-order valence-corrected chi connectivity index (χ1v) is 6.75. The number of amides is 2. The number of hydrogen-bond donors (Lipinski definition) is 3. The lowest BCUT2D eigenvalue weighted by Gasteiger charge is -2.23. The van der Waals surface area contributed by atoms with Gasteiger partial charge in [-0.15, -0.1) is 0 Å². The van der Waals surface area contributed by atoms with Gasteiger partial charge in [-0.2, -0.15) is 0 Å². The summed E-state index contributed by atoms with van der Waals surface area (Å²) in [6.07, 6.45) is 1.01. The minimum Gasteiger partial charge on any atom is -0.364 e. The number of nitrogens with zero attached hydrogens (tertiary/aromatic N) is 1. The first-order chi connectivity index (χ1) is 9.10. The number of rotatable bonds is 7. The Kier molecular flexibility index (Phi) is 6.75. The summed E-state index contributed by atoms with van der Waals surface area (Å²) in [4.78, 5) is 24.9. The largest absolute Gasteiger partial charge is 0.364 e. The van der Waals surface area contributed by atoms with Crippen LogP contribution in [0.5, 0.6) is 0 Å². The molecule has 7 heteroatoms. The van der Waals surface area contributed by atoms with E-state index in [1.165, 1.54) is 0 Å². The van der Waals surface area contributed by atoms with Gasteiger partial charge >= 0.3 is 0 Å². The van der Waals surface area contributed by atoms with Gasteiger partial charge in [0.15, 0.2) is 0 Å². The molecule has 1 heterocycles. The molecule has 0 bridgehead atoms. The number of nitrogens with two attached hydrogens (primary N) is 1. The van der Waals surface area contributed by atoms with Crippen LogP contribution < -0.4 is 16.6 Å². The van der Waals surface area contributed by atoms with Crippen LogP contribution in [0.25, 0.3) is 0 Å². The van der Waals surface area contributed by atoms with Crippen molar-refractivity contribution in [3.05, 3.63) is 0 Å². The smallest absolute Gasteiger partial charge is 0.263 e. The molecule has 0 spiro atoms. The van der Waals surface area contributed by atoms with Crippen LogP contribution in [0, 0.1) is 0 Å². The van der Waals surface area contributed by atoms with Gasteiger partial charge in [0.2, 0.25) is 5.91 Å².